The van der Waals surface area contributed by atoms with Crippen molar-refractivity contribution >= 4 is 11.6 Å². The fourth-order valence-electron chi connectivity index (χ4n) is 2.50. The fraction of sp³-hybridized carbons (Fsp3) is 0.615. The first-order valence-corrected chi connectivity index (χ1v) is 6.72. The lowest BCUT2D eigenvalue weighted by Gasteiger charge is -2.35. The average molecular weight is 257 g/mol. The number of halogens is 2. The SMILES string of the molecule is Fc1cncc(CN2CCCCC2CCCl)c1. The Labute approximate surface area is 107 Å². The van der Waals surface area contributed by atoms with Gasteiger partial charge in [-0.05, 0) is 37.4 Å². The maximum Gasteiger partial charge on any atom is 0.141 e. The predicted molar refractivity (Wildman–Crippen MR) is 67.6 cm³/mol. The minimum atomic E-state index is -0.256. The number of rotatable bonds is 4. The molecular formula is C13H18ClFN2. The molecule has 1 atom stereocenters. The van der Waals surface area contributed by atoms with Crippen LogP contribution in [0.15, 0.2) is 18.5 Å². The zero-order valence-corrected chi connectivity index (χ0v) is 10.7. The molecule has 1 aliphatic rings. The van der Waals surface area contributed by atoms with Crippen molar-refractivity contribution in [2.75, 3.05) is 12.4 Å². The Morgan fingerprint density at radius 1 is 1.41 bits per heavy atom. The van der Waals surface area contributed by atoms with Gasteiger partial charge in [-0.3, -0.25) is 9.88 Å². The fourth-order valence-corrected chi connectivity index (χ4v) is 2.75. The number of hydrogen-bond donors (Lipinski definition) is 0. The highest BCUT2D eigenvalue weighted by atomic mass is 35.5. The molecule has 0 N–H and O–H groups in total. The standard InChI is InChI=1S/C13H18ClFN2/c14-5-4-13-3-1-2-6-17(13)10-11-7-12(15)9-16-8-11/h7-9,13H,1-6,10H2. The molecule has 1 fully saturated rings. The molecule has 0 spiro atoms. The summed E-state index contributed by atoms with van der Waals surface area (Å²) < 4.78 is 13.1. The maximum atomic E-state index is 13.1. The van der Waals surface area contributed by atoms with Crippen molar-refractivity contribution in [3.05, 3.63) is 29.8 Å². The third-order valence-corrected chi connectivity index (χ3v) is 3.56. The van der Waals surface area contributed by atoms with Gasteiger partial charge in [-0.25, -0.2) is 4.39 Å². The van der Waals surface area contributed by atoms with E-state index in [0.717, 1.165) is 25.1 Å². The quantitative estimate of drug-likeness (QED) is 0.769. The second-order valence-electron chi connectivity index (χ2n) is 4.61. The summed E-state index contributed by atoms with van der Waals surface area (Å²) in [5.74, 6) is 0.441. The van der Waals surface area contributed by atoms with E-state index in [9.17, 15) is 4.39 Å². The molecule has 0 amide bonds. The van der Waals surface area contributed by atoms with E-state index >= 15 is 0 Å². The van der Waals surface area contributed by atoms with Crippen LogP contribution < -0.4 is 0 Å². The van der Waals surface area contributed by atoms with Gasteiger partial charge in [-0.2, -0.15) is 0 Å². The molecule has 2 rings (SSSR count). The Morgan fingerprint density at radius 3 is 3.06 bits per heavy atom. The van der Waals surface area contributed by atoms with Crippen LogP contribution >= 0.6 is 11.6 Å². The highest BCUT2D eigenvalue weighted by molar-refractivity contribution is 6.17. The molecule has 0 saturated carbocycles. The van der Waals surface area contributed by atoms with Crippen molar-refractivity contribution in [3.63, 3.8) is 0 Å². The van der Waals surface area contributed by atoms with E-state index in [1.807, 2.05) is 0 Å². The lowest BCUT2D eigenvalue weighted by Crippen LogP contribution is -2.39. The van der Waals surface area contributed by atoms with Crippen LogP contribution in [0.25, 0.3) is 0 Å². The summed E-state index contributed by atoms with van der Waals surface area (Å²) in [6.45, 7) is 1.87. The van der Waals surface area contributed by atoms with E-state index in [2.05, 4.69) is 9.88 Å². The molecule has 1 aromatic rings. The third kappa shape index (κ3) is 3.65. The van der Waals surface area contributed by atoms with Crippen molar-refractivity contribution in [3.8, 4) is 0 Å². The Hall–Kier alpha value is -0.670. The molecule has 1 unspecified atom stereocenters. The van der Waals surface area contributed by atoms with Gasteiger partial charge in [0.1, 0.15) is 5.82 Å². The van der Waals surface area contributed by atoms with Crippen molar-refractivity contribution < 1.29 is 4.39 Å². The molecular weight excluding hydrogens is 239 g/mol. The van der Waals surface area contributed by atoms with Crippen molar-refractivity contribution in [2.45, 2.75) is 38.3 Å². The summed E-state index contributed by atoms with van der Waals surface area (Å²) in [4.78, 5) is 6.30. The lowest BCUT2D eigenvalue weighted by molar-refractivity contribution is 0.136. The van der Waals surface area contributed by atoms with E-state index in [1.54, 1.807) is 12.3 Å². The summed E-state index contributed by atoms with van der Waals surface area (Å²) in [6, 6.07) is 2.11. The second-order valence-corrected chi connectivity index (χ2v) is 4.99. The molecule has 2 nitrogen and oxygen atoms in total. The van der Waals surface area contributed by atoms with Gasteiger partial charge < -0.3 is 0 Å². The summed E-state index contributed by atoms with van der Waals surface area (Å²) in [7, 11) is 0. The number of likely N-dealkylation sites (tertiary alicyclic amines) is 1. The minimum absolute atomic E-state index is 0.256. The Bertz CT molecular complexity index is 357. The zero-order valence-electron chi connectivity index (χ0n) is 9.91. The largest absolute Gasteiger partial charge is 0.296 e. The Morgan fingerprint density at radius 2 is 2.29 bits per heavy atom. The molecule has 17 heavy (non-hydrogen) atoms. The number of aromatic nitrogens is 1. The molecule has 1 aromatic heterocycles. The number of nitrogens with zero attached hydrogens (tertiary/aromatic N) is 2. The monoisotopic (exact) mass is 256 g/mol. The third-order valence-electron chi connectivity index (χ3n) is 3.34. The van der Waals surface area contributed by atoms with Crippen molar-refractivity contribution in [1.82, 2.24) is 9.88 Å². The Kier molecular flexibility index (Phi) is 4.75. The summed E-state index contributed by atoms with van der Waals surface area (Å²) in [5, 5.41) is 0. The number of piperidine rings is 1. The number of alkyl halides is 1. The van der Waals surface area contributed by atoms with E-state index in [1.165, 1.54) is 25.5 Å². The van der Waals surface area contributed by atoms with Gasteiger partial charge in [0.2, 0.25) is 0 Å². The van der Waals surface area contributed by atoms with Gasteiger partial charge >= 0.3 is 0 Å². The molecule has 2 heterocycles. The lowest BCUT2D eigenvalue weighted by atomic mass is 9.99. The maximum absolute atomic E-state index is 13.1. The van der Waals surface area contributed by atoms with Crippen LogP contribution in [0.5, 0.6) is 0 Å². The summed E-state index contributed by atoms with van der Waals surface area (Å²) in [5.41, 5.74) is 0.950. The molecule has 94 valence electrons. The van der Waals surface area contributed by atoms with Gasteiger partial charge in [-0.15, -0.1) is 11.6 Å². The topological polar surface area (TPSA) is 16.1 Å². The minimum Gasteiger partial charge on any atom is -0.296 e. The molecule has 1 saturated heterocycles. The molecule has 0 bridgehead atoms. The smallest absolute Gasteiger partial charge is 0.141 e. The number of hydrogen-bond acceptors (Lipinski definition) is 2. The molecule has 0 aliphatic carbocycles. The highest BCUT2D eigenvalue weighted by Crippen LogP contribution is 2.22. The van der Waals surface area contributed by atoms with Gasteiger partial charge in [0.05, 0.1) is 6.20 Å². The van der Waals surface area contributed by atoms with Crippen LogP contribution in [-0.2, 0) is 6.54 Å². The predicted octanol–water partition coefficient (Wildman–Crippen LogP) is 3.20. The second kappa shape index (κ2) is 6.31. The molecule has 0 radical (unpaired) electrons. The first-order chi connectivity index (χ1) is 8.29. The van der Waals surface area contributed by atoms with E-state index in [0.29, 0.717) is 11.9 Å². The molecule has 4 heteroatoms. The summed E-state index contributed by atoms with van der Waals surface area (Å²) >= 11 is 5.83. The number of pyridine rings is 1. The van der Waals surface area contributed by atoms with Gasteiger partial charge in [0.15, 0.2) is 0 Å². The van der Waals surface area contributed by atoms with E-state index in [4.69, 9.17) is 11.6 Å². The van der Waals surface area contributed by atoms with Gasteiger partial charge in [0, 0.05) is 24.7 Å². The van der Waals surface area contributed by atoms with E-state index in [-0.39, 0.29) is 5.82 Å². The van der Waals surface area contributed by atoms with E-state index < -0.39 is 0 Å². The van der Waals surface area contributed by atoms with Crippen LogP contribution in [0.3, 0.4) is 0 Å². The van der Waals surface area contributed by atoms with Gasteiger partial charge in [-0.1, -0.05) is 6.42 Å². The van der Waals surface area contributed by atoms with Crippen LogP contribution in [0.2, 0.25) is 0 Å². The summed E-state index contributed by atoms with van der Waals surface area (Å²) in [6.07, 6.45) is 7.71. The Balaban J connectivity index is 2.00. The van der Waals surface area contributed by atoms with Crippen molar-refractivity contribution in [2.24, 2.45) is 0 Å². The first-order valence-electron chi connectivity index (χ1n) is 6.19. The van der Waals surface area contributed by atoms with Crippen LogP contribution in [0, 0.1) is 5.82 Å². The van der Waals surface area contributed by atoms with Crippen molar-refractivity contribution in [1.29, 1.82) is 0 Å². The normalized spacial score (nSPS) is 21.6. The highest BCUT2D eigenvalue weighted by Gasteiger charge is 2.21. The zero-order chi connectivity index (χ0) is 12.1. The first kappa shape index (κ1) is 12.8. The van der Waals surface area contributed by atoms with Crippen LogP contribution in [0.4, 0.5) is 4.39 Å². The van der Waals surface area contributed by atoms with Crippen LogP contribution in [0.1, 0.15) is 31.2 Å². The molecule has 0 aromatic carbocycles. The molecule has 1 aliphatic heterocycles. The van der Waals surface area contributed by atoms with Gasteiger partial charge in [0.25, 0.3) is 0 Å². The van der Waals surface area contributed by atoms with Crippen LogP contribution in [-0.4, -0.2) is 28.4 Å². The average Bonchev–Trinajstić information content (AvgIpc) is 2.32.